The highest BCUT2D eigenvalue weighted by Gasteiger charge is 2.37. The van der Waals surface area contributed by atoms with Crippen LogP contribution in [0.25, 0.3) is 33.2 Å². The van der Waals surface area contributed by atoms with E-state index in [2.05, 4.69) is 54.0 Å². The van der Waals surface area contributed by atoms with E-state index in [0.29, 0.717) is 46.5 Å². The highest BCUT2D eigenvalue weighted by atomic mass is 19.1. The summed E-state index contributed by atoms with van der Waals surface area (Å²) in [5.41, 5.74) is 2.14. The van der Waals surface area contributed by atoms with Gasteiger partial charge < -0.3 is 30.2 Å². The maximum atomic E-state index is 14.6. The van der Waals surface area contributed by atoms with Gasteiger partial charge in [0.15, 0.2) is 0 Å². The molecule has 8 aromatic rings. The van der Waals surface area contributed by atoms with E-state index in [4.69, 9.17) is 4.98 Å². The molecule has 25 heteroatoms. The lowest BCUT2D eigenvalue weighted by Crippen LogP contribution is -2.57. The number of fused-ring (bicyclic) bond motifs is 3. The van der Waals surface area contributed by atoms with Crippen LogP contribution >= 0.6 is 0 Å². The molecule has 4 aliphatic rings. The van der Waals surface area contributed by atoms with Crippen LogP contribution in [0.3, 0.4) is 0 Å². The van der Waals surface area contributed by atoms with E-state index >= 15 is 0 Å². The molecule has 24 nitrogen and oxygen atoms in total. The van der Waals surface area contributed by atoms with E-state index in [-0.39, 0.29) is 50.2 Å². The maximum absolute atomic E-state index is 14.6. The van der Waals surface area contributed by atoms with Gasteiger partial charge in [-0.1, -0.05) is 62.4 Å². The third kappa shape index (κ3) is 12.4. The molecule has 1 amide bonds. The average molecular weight is 1140 g/mol. The molecular weight excluding hydrogens is 1080 g/mol. The maximum Gasteiger partial charge on any atom is 0.270 e. The minimum absolute atomic E-state index is 0.115. The Morgan fingerprint density at radius 3 is 1.46 bits per heavy atom. The molecule has 2 aromatic heterocycles. The number of aromatic nitrogens is 4. The summed E-state index contributed by atoms with van der Waals surface area (Å²) in [6.07, 6.45) is -0.489. The van der Waals surface area contributed by atoms with Crippen LogP contribution in [0.1, 0.15) is 24.2 Å². The van der Waals surface area contributed by atoms with Gasteiger partial charge in [0.05, 0.1) is 59.2 Å². The number of nitrogens with one attached hydrogen (secondary N) is 2. The fourth-order valence-corrected chi connectivity index (χ4v) is 10.8. The summed E-state index contributed by atoms with van der Waals surface area (Å²) < 4.78 is 17.7. The second-order valence-electron chi connectivity index (χ2n) is 20.4. The number of carbonyl (C=O) groups is 1. The number of carbonyl (C=O) groups excluding carboxylic acids is 1. The molecule has 434 valence electrons. The minimum Gasteiger partial charge on any atom is -0.363 e. The smallest absolute Gasteiger partial charge is 0.270 e. The Balaban J connectivity index is 0.000000141. The van der Waals surface area contributed by atoms with Crippen LogP contribution < -0.4 is 36.5 Å². The monoisotopic (exact) mass is 1140 g/mol. The first-order chi connectivity index (χ1) is 40.7. The van der Waals surface area contributed by atoms with Gasteiger partial charge in [0.1, 0.15) is 12.0 Å². The second kappa shape index (κ2) is 25.7. The molecule has 84 heavy (non-hydrogen) atoms. The van der Waals surface area contributed by atoms with Crippen LogP contribution in [-0.2, 0) is 0 Å². The molecule has 12 rings (SSSR count). The number of hydrogen-bond donors (Lipinski definition) is 2. The highest BCUT2D eigenvalue weighted by molar-refractivity contribution is 6.12. The average Bonchev–Trinajstić information content (AvgIpc) is 1.39. The number of likely N-dealkylation sites (N-methyl/N-ethyl adjacent to an activating group) is 2. The van der Waals surface area contributed by atoms with Gasteiger partial charge in [0, 0.05) is 127 Å². The number of non-ortho nitro benzene ring substituents is 3. The van der Waals surface area contributed by atoms with Crippen molar-refractivity contribution in [3.63, 3.8) is 0 Å². The predicted octanol–water partition coefficient (Wildman–Crippen LogP) is 6.91. The van der Waals surface area contributed by atoms with Gasteiger partial charge in [-0.2, -0.15) is 0 Å². The summed E-state index contributed by atoms with van der Waals surface area (Å²) in [6.45, 7) is 16.8. The van der Waals surface area contributed by atoms with E-state index in [1.807, 2.05) is 60.7 Å². The molecule has 3 saturated heterocycles. The minimum atomic E-state index is -0.541. The molecule has 2 N–H and O–H groups in total. The molecule has 0 spiro atoms. The standard InChI is InChI=1S/C21H24FN5O3.C20H21N5O3.C18H17N5O3/c1-2-24-9-11-25(12-10-24)14-20-23-18-8-7-15(27(29)30)13-16(18)21(28)26(20)19-6-4-3-5-17(19)22;1-2-22-10-12-23(13-11-22)20-21-18-9-8-16(25(27)28)14-17(18)19(26)24(20)15-6-4-3-5-7-15;24-17-15-12-14(23(25)26)6-7-16(15)20-18(21-10-8-19-9-11-21)22(17)13-4-2-1-3-5-13/h3-8,13,20,23H,2,9-12,14H2,1H3;3-9,14H,2,10-13H2,1H3;1-7,12,19H,8-11H2. The van der Waals surface area contributed by atoms with Crippen molar-refractivity contribution in [3.8, 4) is 11.4 Å². The predicted molar refractivity (Wildman–Crippen MR) is 320 cm³/mol. The van der Waals surface area contributed by atoms with E-state index in [9.17, 15) is 49.1 Å². The van der Waals surface area contributed by atoms with E-state index in [1.54, 1.807) is 34.9 Å². The van der Waals surface area contributed by atoms with Crippen molar-refractivity contribution in [3.05, 3.63) is 202 Å². The Morgan fingerprint density at radius 2 is 0.976 bits per heavy atom. The third-order valence-electron chi connectivity index (χ3n) is 15.4. The Morgan fingerprint density at radius 1 is 0.536 bits per heavy atom. The van der Waals surface area contributed by atoms with Crippen LogP contribution in [-0.4, -0.2) is 159 Å². The number of amides is 1. The lowest BCUT2D eigenvalue weighted by Gasteiger charge is -2.42. The summed E-state index contributed by atoms with van der Waals surface area (Å²) in [5, 5.41) is 40.5. The molecule has 3 fully saturated rings. The number of anilines is 4. The summed E-state index contributed by atoms with van der Waals surface area (Å²) in [7, 11) is 0. The number of halogens is 1. The first kappa shape index (κ1) is 57.7. The second-order valence-corrected chi connectivity index (χ2v) is 20.4. The van der Waals surface area contributed by atoms with Crippen LogP contribution in [0.5, 0.6) is 0 Å². The van der Waals surface area contributed by atoms with Crippen LogP contribution in [0.4, 0.5) is 44.7 Å². The quantitative estimate of drug-likeness (QED) is 0.0930. The fourth-order valence-electron chi connectivity index (χ4n) is 10.8. The summed E-state index contributed by atoms with van der Waals surface area (Å²) in [4.78, 5) is 93.7. The van der Waals surface area contributed by atoms with Gasteiger partial charge in [-0.05, 0) is 67.7 Å². The van der Waals surface area contributed by atoms with Gasteiger partial charge in [-0.25, -0.2) is 23.5 Å². The van der Waals surface area contributed by atoms with Crippen molar-refractivity contribution in [1.82, 2.24) is 39.1 Å². The molecule has 6 heterocycles. The number of benzene rings is 6. The van der Waals surface area contributed by atoms with Crippen molar-refractivity contribution < 1.29 is 24.0 Å². The number of para-hydroxylation sites is 3. The number of nitro groups is 3. The lowest BCUT2D eigenvalue weighted by atomic mass is 10.0. The molecule has 0 aliphatic carbocycles. The number of piperazine rings is 3. The number of nitro benzene ring substituents is 3. The molecule has 0 radical (unpaired) electrons. The molecule has 6 aromatic carbocycles. The molecule has 1 atom stereocenters. The first-order valence-electron chi connectivity index (χ1n) is 27.7. The largest absolute Gasteiger partial charge is 0.363 e. The topological polar surface area (TPSA) is 260 Å². The van der Waals surface area contributed by atoms with E-state index < -0.39 is 32.7 Å². The van der Waals surface area contributed by atoms with Gasteiger partial charge in [-0.15, -0.1) is 0 Å². The number of hydrogen-bond acceptors (Lipinski definition) is 18. The van der Waals surface area contributed by atoms with Crippen molar-refractivity contribution in [2.24, 2.45) is 0 Å². The molecule has 0 bridgehead atoms. The SMILES string of the molecule is CCN1CCN(CC2Nc3ccc([N+](=O)[O-])cc3C(=O)N2c2ccccc2F)CC1.CCN1CCN(c2nc3ccc([N+](=O)[O-])cc3c(=O)n2-c2ccccc2)CC1.O=c1c2cc([N+](=O)[O-])ccc2nc(N2CCNCC2)n1-c1ccccc1. The Hall–Kier alpha value is -9.56. The lowest BCUT2D eigenvalue weighted by molar-refractivity contribution is -0.385. The summed E-state index contributed by atoms with van der Waals surface area (Å²) in [6, 6.07) is 37.3. The van der Waals surface area contributed by atoms with Crippen LogP contribution in [0, 0.1) is 36.2 Å². The van der Waals surface area contributed by atoms with Crippen LogP contribution in [0.15, 0.2) is 149 Å². The van der Waals surface area contributed by atoms with Crippen molar-refractivity contribution in [2.75, 3.05) is 118 Å². The van der Waals surface area contributed by atoms with Crippen molar-refractivity contribution >= 4 is 68.0 Å². The van der Waals surface area contributed by atoms with E-state index in [0.717, 1.165) is 91.6 Å². The Bertz CT molecular complexity index is 3850. The first-order valence-corrected chi connectivity index (χ1v) is 27.7. The van der Waals surface area contributed by atoms with Crippen LogP contribution in [0.2, 0.25) is 0 Å². The zero-order chi connectivity index (χ0) is 59.0. The molecule has 4 aliphatic heterocycles. The number of rotatable bonds is 12. The van der Waals surface area contributed by atoms with E-state index in [1.165, 1.54) is 58.0 Å². The van der Waals surface area contributed by atoms with Crippen molar-refractivity contribution in [1.29, 1.82) is 0 Å². The zero-order valence-corrected chi connectivity index (χ0v) is 46.3. The van der Waals surface area contributed by atoms with Gasteiger partial charge >= 0.3 is 0 Å². The molecule has 1 unspecified atom stereocenters. The number of nitrogens with zero attached hydrogens (tertiary/aromatic N) is 13. The van der Waals surface area contributed by atoms with Crippen molar-refractivity contribution in [2.45, 2.75) is 20.0 Å². The fraction of sp³-hybridized carbons (Fsp3) is 0.305. The Kier molecular flexibility index (Phi) is 17.6. The van der Waals surface area contributed by atoms with Gasteiger partial charge in [-0.3, -0.25) is 54.5 Å². The normalized spacial score (nSPS) is 16.7. The molecular formula is C59H62FN15O9. The summed E-state index contributed by atoms with van der Waals surface area (Å²) in [5.74, 6) is 0.175. The zero-order valence-electron chi connectivity index (χ0n) is 46.3. The third-order valence-corrected chi connectivity index (χ3v) is 15.4. The van der Waals surface area contributed by atoms with Gasteiger partial charge in [0.25, 0.3) is 34.1 Å². The molecule has 0 saturated carbocycles. The highest BCUT2D eigenvalue weighted by Crippen LogP contribution is 2.34. The summed E-state index contributed by atoms with van der Waals surface area (Å²) >= 11 is 0. The van der Waals surface area contributed by atoms with Gasteiger partial charge in [0.2, 0.25) is 11.9 Å². The Labute approximate surface area is 481 Å².